The van der Waals surface area contributed by atoms with E-state index in [1.807, 2.05) is 6.34 Å². The zero-order valence-electron chi connectivity index (χ0n) is 3.86. The van der Waals surface area contributed by atoms with E-state index in [2.05, 4.69) is 17.2 Å². The van der Waals surface area contributed by atoms with Crippen LogP contribution in [0, 0.1) is 0 Å². The summed E-state index contributed by atoms with van der Waals surface area (Å²) in [5.41, 5.74) is 0. The van der Waals surface area contributed by atoms with Gasteiger partial charge in [-0.2, -0.15) is 0 Å². The lowest BCUT2D eigenvalue weighted by Crippen LogP contribution is -2.67. The highest BCUT2D eigenvalue weighted by Crippen LogP contribution is 1.69. The number of nitrogens with one attached hydrogen (secondary N) is 2. The fourth-order valence-corrected chi connectivity index (χ4v) is 0.496. The average Bonchev–Trinajstić information content (AvgIpc) is 1.86. The lowest BCUT2D eigenvalue weighted by atomic mass is 10.4. The molecule has 1 unspecified atom stereocenters. The topological polar surface area (TPSA) is 26.0 Å². The smallest absolute Gasteiger partial charge is 0.230 e. The van der Waals surface area contributed by atoms with Gasteiger partial charge in [-0.25, -0.2) is 0 Å². The monoisotopic (exact) mass is 85.1 g/mol. The molecule has 0 saturated carbocycles. The van der Waals surface area contributed by atoms with Crippen molar-refractivity contribution in [2.75, 3.05) is 6.54 Å². The zero-order valence-corrected chi connectivity index (χ0v) is 3.86. The van der Waals surface area contributed by atoms with Gasteiger partial charge >= 0.3 is 0 Å². The molecule has 2 N–H and O–H groups in total. The Morgan fingerprint density at radius 3 is 3.00 bits per heavy atom. The minimum absolute atomic E-state index is 0.630. The molecule has 6 heavy (non-hydrogen) atoms. The van der Waals surface area contributed by atoms with Crippen LogP contribution in [0.1, 0.15) is 6.92 Å². The van der Waals surface area contributed by atoms with Crippen LogP contribution in [-0.4, -0.2) is 18.9 Å². The van der Waals surface area contributed by atoms with Gasteiger partial charge in [-0.1, -0.05) is 0 Å². The fraction of sp³-hybridized carbons (Fsp3) is 0.750. The van der Waals surface area contributed by atoms with Crippen molar-refractivity contribution in [1.82, 2.24) is 5.32 Å². The van der Waals surface area contributed by atoms with Crippen LogP contribution in [0.4, 0.5) is 0 Å². The van der Waals surface area contributed by atoms with Crippen LogP contribution >= 0.6 is 0 Å². The SMILES string of the molecule is CC1C[NH+]=CN1. The van der Waals surface area contributed by atoms with Gasteiger partial charge in [0.15, 0.2) is 0 Å². The Morgan fingerprint density at radius 1 is 2.00 bits per heavy atom. The molecule has 1 heterocycles. The molecule has 2 heteroatoms. The molecule has 0 aliphatic carbocycles. The first-order chi connectivity index (χ1) is 2.89. The Kier molecular flexibility index (Phi) is 0.783. The third-order valence-corrected chi connectivity index (χ3v) is 0.894. The van der Waals surface area contributed by atoms with Gasteiger partial charge in [0.1, 0.15) is 12.6 Å². The molecule has 1 aliphatic heterocycles. The summed E-state index contributed by atoms with van der Waals surface area (Å²) in [6.07, 6.45) is 1.88. The van der Waals surface area contributed by atoms with Gasteiger partial charge < -0.3 is 0 Å². The van der Waals surface area contributed by atoms with Gasteiger partial charge in [0.05, 0.1) is 0 Å². The molecule has 2 nitrogen and oxygen atoms in total. The Hall–Kier alpha value is -0.530. The highest BCUT2D eigenvalue weighted by Gasteiger charge is 2.06. The lowest BCUT2D eigenvalue weighted by molar-refractivity contribution is -0.443. The van der Waals surface area contributed by atoms with Gasteiger partial charge in [-0.15, -0.1) is 0 Å². The maximum absolute atomic E-state index is 3.08. The van der Waals surface area contributed by atoms with E-state index >= 15 is 0 Å². The molecule has 0 bridgehead atoms. The first kappa shape index (κ1) is 3.65. The van der Waals surface area contributed by atoms with Crippen molar-refractivity contribution in [1.29, 1.82) is 0 Å². The van der Waals surface area contributed by atoms with Crippen LogP contribution in [0.5, 0.6) is 0 Å². The van der Waals surface area contributed by atoms with Crippen LogP contribution < -0.4 is 10.3 Å². The summed E-state index contributed by atoms with van der Waals surface area (Å²) in [6.45, 7) is 3.20. The molecule has 0 saturated heterocycles. The molecule has 0 radical (unpaired) electrons. The molecule has 1 aliphatic rings. The van der Waals surface area contributed by atoms with Gasteiger partial charge in [0.2, 0.25) is 6.34 Å². The Morgan fingerprint density at radius 2 is 2.83 bits per heavy atom. The first-order valence-corrected chi connectivity index (χ1v) is 2.21. The van der Waals surface area contributed by atoms with E-state index in [4.69, 9.17) is 0 Å². The number of rotatable bonds is 0. The normalized spacial score (nSPS) is 30.5. The van der Waals surface area contributed by atoms with Crippen LogP contribution in [-0.2, 0) is 0 Å². The second-order valence-corrected chi connectivity index (χ2v) is 1.62. The summed E-state index contributed by atoms with van der Waals surface area (Å²) >= 11 is 0. The van der Waals surface area contributed by atoms with Crippen LogP contribution in [0.25, 0.3) is 0 Å². The molecule has 0 fully saturated rings. The van der Waals surface area contributed by atoms with Crippen molar-refractivity contribution in [3.8, 4) is 0 Å². The summed E-state index contributed by atoms with van der Waals surface area (Å²) in [7, 11) is 0. The molecular weight excluding hydrogens is 76.1 g/mol. The molecule has 0 amide bonds. The average molecular weight is 85.1 g/mol. The van der Waals surface area contributed by atoms with E-state index in [0.717, 1.165) is 6.54 Å². The van der Waals surface area contributed by atoms with Crippen LogP contribution in [0.3, 0.4) is 0 Å². The summed E-state index contributed by atoms with van der Waals surface area (Å²) in [5.74, 6) is 0. The van der Waals surface area contributed by atoms with Gasteiger partial charge in [-0.3, -0.25) is 10.3 Å². The molecule has 1 rings (SSSR count). The Labute approximate surface area is 37.3 Å². The maximum Gasteiger partial charge on any atom is 0.230 e. The first-order valence-electron chi connectivity index (χ1n) is 2.21. The predicted octanol–water partition coefficient (Wildman–Crippen LogP) is -1.91. The third kappa shape index (κ3) is 0.506. The van der Waals surface area contributed by atoms with Crippen LogP contribution in [0.15, 0.2) is 0 Å². The highest BCUT2D eigenvalue weighted by atomic mass is 15.0. The molecule has 1 atom stereocenters. The van der Waals surface area contributed by atoms with Crippen molar-refractivity contribution in [2.45, 2.75) is 13.0 Å². The molecule has 0 aromatic heterocycles. The van der Waals surface area contributed by atoms with E-state index in [9.17, 15) is 0 Å². The predicted molar refractivity (Wildman–Crippen MR) is 24.5 cm³/mol. The summed E-state index contributed by atoms with van der Waals surface area (Å²) in [5, 5.41) is 3.08. The number of hydrogen-bond acceptors (Lipinski definition) is 1. The summed E-state index contributed by atoms with van der Waals surface area (Å²) < 4.78 is 0. The molecular formula is C4H9N2+. The Bertz CT molecular complexity index is 59.9. The maximum atomic E-state index is 3.08. The van der Waals surface area contributed by atoms with Crippen molar-refractivity contribution >= 4 is 6.34 Å². The zero-order chi connectivity index (χ0) is 4.41. The second kappa shape index (κ2) is 1.29. The minimum atomic E-state index is 0.630. The quantitative estimate of drug-likeness (QED) is 0.352. The van der Waals surface area contributed by atoms with E-state index in [1.54, 1.807) is 0 Å². The van der Waals surface area contributed by atoms with Gasteiger partial charge in [0.25, 0.3) is 0 Å². The van der Waals surface area contributed by atoms with Crippen molar-refractivity contribution < 1.29 is 4.99 Å². The van der Waals surface area contributed by atoms with E-state index < -0.39 is 0 Å². The molecule has 34 valence electrons. The standard InChI is InChI=1S/C4H8N2/c1-4-2-5-3-6-4/h3-4H,2H2,1H3,(H,5,6)/p+1. The van der Waals surface area contributed by atoms with Crippen LogP contribution in [0.2, 0.25) is 0 Å². The van der Waals surface area contributed by atoms with E-state index in [1.165, 1.54) is 0 Å². The van der Waals surface area contributed by atoms with Gasteiger partial charge in [-0.05, 0) is 6.92 Å². The third-order valence-electron chi connectivity index (χ3n) is 0.894. The van der Waals surface area contributed by atoms with E-state index in [0.29, 0.717) is 6.04 Å². The van der Waals surface area contributed by atoms with Crippen molar-refractivity contribution in [3.05, 3.63) is 0 Å². The summed E-state index contributed by atoms with van der Waals surface area (Å²) in [6, 6.07) is 0.630. The minimum Gasteiger partial charge on any atom is -0.277 e. The summed E-state index contributed by atoms with van der Waals surface area (Å²) in [4.78, 5) is 3.04. The lowest BCUT2D eigenvalue weighted by Gasteiger charge is -1.87. The van der Waals surface area contributed by atoms with Crippen molar-refractivity contribution in [3.63, 3.8) is 0 Å². The second-order valence-electron chi connectivity index (χ2n) is 1.62. The molecule has 0 spiro atoms. The van der Waals surface area contributed by atoms with Gasteiger partial charge in [0, 0.05) is 0 Å². The number of hydrogen-bond donors (Lipinski definition) is 2. The fourth-order valence-electron chi connectivity index (χ4n) is 0.496. The highest BCUT2D eigenvalue weighted by molar-refractivity contribution is 5.48. The molecule has 0 aromatic rings. The largest absolute Gasteiger partial charge is 0.277 e. The van der Waals surface area contributed by atoms with E-state index in [-0.39, 0.29) is 0 Å². The van der Waals surface area contributed by atoms with Crippen molar-refractivity contribution in [2.24, 2.45) is 0 Å². The Balaban J connectivity index is 2.32. The molecule has 0 aromatic carbocycles.